The fourth-order valence-corrected chi connectivity index (χ4v) is 8.17. The van der Waals surface area contributed by atoms with Crippen LogP contribution >= 0.6 is 7.82 Å². The van der Waals surface area contributed by atoms with Crippen molar-refractivity contribution < 1.29 is 37.3 Å². The summed E-state index contributed by atoms with van der Waals surface area (Å²) in [5.74, 6) is -0.594. The van der Waals surface area contributed by atoms with Crippen LogP contribution in [0.1, 0.15) is 220 Å². The zero-order valence-corrected chi connectivity index (χ0v) is 46.6. The quantitative estimate of drug-likeness (QED) is 0.0156. The van der Waals surface area contributed by atoms with Crippen molar-refractivity contribution in [2.45, 2.75) is 232 Å². The summed E-state index contributed by atoms with van der Waals surface area (Å²) < 4.78 is 30.5. The van der Waals surface area contributed by atoms with Crippen LogP contribution < -0.4 is 5.32 Å². The zero-order valence-electron chi connectivity index (χ0n) is 45.7. The molecule has 0 aliphatic heterocycles. The standard InChI is InChI=1S/C60H105N2O7P/c1-7-10-13-16-19-22-25-28-30-31-33-34-37-40-43-46-49-52-59(63)61-57(56-68-70(65,66)67-55-54-62(4,5)6)58(51-48-45-42-39-36-27-24-21-18-15-12-9-3)69-60(64)53-50-47-44-41-38-35-32-29-26-23-20-17-14-11-8-2/h10,13,19-20,22-23,26,28-30,33-34,40,43,48,51,57-58H,7-9,11-12,14-18,21,24-25,27,31-32,35-39,41-42,44-47,49-50,52-56H2,1-6H3,(H-,61,63,65,66)/p+1/b13-10-,22-19-,23-20+,29-26+,30-28-,34-33-,43-40-,51-48+. The minimum absolute atomic E-state index is 0.0230. The lowest BCUT2D eigenvalue weighted by Gasteiger charge is -2.27. The highest BCUT2D eigenvalue weighted by molar-refractivity contribution is 7.47. The average Bonchev–Trinajstić information content (AvgIpc) is 3.32. The third-order valence-corrected chi connectivity index (χ3v) is 12.8. The number of hydrogen-bond donors (Lipinski definition) is 2. The molecule has 0 bridgehead atoms. The van der Waals surface area contributed by atoms with Crippen LogP contribution in [0, 0.1) is 0 Å². The summed E-state index contributed by atoms with van der Waals surface area (Å²) in [5, 5.41) is 3.00. The van der Waals surface area contributed by atoms with Gasteiger partial charge in [-0.25, -0.2) is 4.57 Å². The van der Waals surface area contributed by atoms with E-state index in [1.165, 1.54) is 77.0 Å². The maximum Gasteiger partial charge on any atom is 0.472 e. The summed E-state index contributed by atoms with van der Waals surface area (Å²) in [4.78, 5) is 37.5. The third-order valence-electron chi connectivity index (χ3n) is 11.8. The van der Waals surface area contributed by atoms with Crippen LogP contribution in [0.3, 0.4) is 0 Å². The molecule has 0 aliphatic rings. The number of allylic oxidation sites excluding steroid dienone is 15. The third kappa shape index (κ3) is 49.9. The summed E-state index contributed by atoms with van der Waals surface area (Å²) >= 11 is 0. The van der Waals surface area contributed by atoms with Crippen LogP contribution in [0.5, 0.6) is 0 Å². The molecule has 9 nitrogen and oxygen atoms in total. The van der Waals surface area contributed by atoms with Crippen LogP contribution in [0.15, 0.2) is 97.2 Å². The SMILES string of the molecule is CC/C=C\C/C=C\C/C=C\C/C=C\C/C=C\CCCC(=O)NC(COP(=O)(O)OCC[N+](C)(C)C)C(/C=C/CCCCCCCCCCCC)OC(=O)CCCCCCCC/C=C/C=C/CCCCC. The van der Waals surface area contributed by atoms with Gasteiger partial charge in [-0.15, -0.1) is 0 Å². The molecular weight excluding hydrogens is 892 g/mol. The van der Waals surface area contributed by atoms with Crippen molar-refractivity contribution in [3.63, 3.8) is 0 Å². The second-order valence-corrected chi connectivity index (χ2v) is 21.2. The van der Waals surface area contributed by atoms with E-state index in [2.05, 4.69) is 111 Å². The van der Waals surface area contributed by atoms with Crippen molar-refractivity contribution in [1.29, 1.82) is 0 Å². The molecule has 10 heteroatoms. The Morgan fingerprint density at radius 3 is 1.50 bits per heavy atom. The second kappa shape index (κ2) is 49.5. The van der Waals surface area contributed by atoms with Gasteiger partial charge in [0, 0.05) is 12.8 Å². The molecule has 0 saturated heterocycles. The molecule has 3 atom stereocenters. The molecule has 0 heterocycles. The predicted molar refractivity (Wildman–Crippen MR) is 300 cm³/mol. The number of nitrogens with one attached hydrogen (secondary N) is 1. The van der Waals surface area contributed by atoms with E-state index in [1.807, 2.05) is 33.3 Å². The molecule has 0 aromatic rings. The summed E-state index contributed by atoms with van der Waals surface area (Å²) in [6.07, 6.45) is 65.5. The molecule has 0 spiro atoms. The molecule has 0 saturated carbocycles. The molecule has 0 radical (unpaired) electrons. The van der Waals surface area contributed by atoms with Crippen molar-refractivity contribution in [3.05, 3.63) is 97.2 Å². The summed E-state index contributed by atoms with van der Waals surface area (Å²) in [6.45, 7) is 6.79. The molecule has 70 heavy (non-hydrogen) atoms. The van der Waals surface area contributed by atoms with Crippen LogP contribution in [0.4, 0.5) is 0 Å². The van der Waals surface area contributed by atoms with E-state index in [-0.39, 0.29) is 37.9 Å². The normalized spacial score (nSPS) is 14.6. The molecule has 3 unspecified atom stereocenters. The molecule has 0 aromatic heterocycles. The fraction of sp³-hybridized carbons (Fsp3) is 0.700. The molecule has 402 valence electrons. The minimum Gasteiger partial charge on any atom is -0.456 e. The van der Waals surface area contributed by atoms with Gasteiger partial charge in [0.1, 0.15) is 19.3 Å². The monoisotopic (exact) mass is 998 g/mol. The van der Waals surface area contributed by atoms with E-state index in [0.29, 0.717) is 23.9 Å². The number of carbonyl (C=O) groups excluding carboxylic acids is 2. The lowest BCUT2D eigenvalue weighted by atomic mass is 10.1. The fourth-order valence-electron chi connectivity index (χ4n) is 7.44. The van der Waals surface area contributed by atoms with Crippen LogP contribution in [0.2, 0.25) is 0 Å². The Kier molecular flexibility index (Phi) is 47.3. The van der Waals surface area contributed by atoms with Gasteiger partial charge in [-0.2, -0.15) is 0 Å². The number of amides is 1. The smallest absolute Gasteiger partial charge is 0.456 e. The lowest BCUT2D eigenvalue weighted by molar-refractivity contribution is -0.870. The van der Waals surface area contributed by atoms with E-state index in [9.17, 15) is 19.0 Å². The average molecular weight is 998 g/mol. The van der Waals surface area contributed by atoms with E-state index < -0.39 is 20.0 Å². The van der Waals surface area contributed by atoms with Crippen molar-refractivity contribution >= 4 is 19.7 Å². The number of rotatable bonds is 49. The first-order chi connectivity index (χ1) is 33.9. The lowest BCUT2D eigenvalue weighted by Crippen LogP contribution is -2.47. The van der Waals surface area contributed by atoms with Crippen molar-refractivity contribution in [2.75, 3.05) is 40.9 Å². The number of likely N-dealkylation sites (N-methyl/N-ethyl adjacent to an activating group) is 1. The van der Waals surface area contributed by atoms with Crippen molar-refractivity contribution in [2.24, 2.45) is 0 Å². The van der Waals surface area contributed by atoms with Crippen LogP contribution in [-0.4, -0.2) is 74.3 Å². The van der Waals surface area contributed by atoms with Gasteiger partial charge in [-0.3, -0.25) is 18.6 Å². The number of nitrogens with zero attached hydrogens (tertiary/aromatic N) is 1. The Morgan fingerprint density at radius 1 is 0.529 bits per heavy atom. The molecule has 0 rings (SSSR count). The minimum atomic E-state index is -4.47. The maximum absolute atomic E-state index is 13.5. The first-order valence-corrected chi connectivity index (χ1v) is 29.6. The predicted octanol–water partition coefficient (Wildman–Crippen LogP) is 16.8. The summed E-state index contributed by atoms with van der Waals surface area (Å²) in [7, 11) is 1.44. The molecule has 0 aliphatic carbocycles. The molecule has 1 amide bonds. The Balaban J connectivity index is 5.50. The highest BCUT2D eigenvalue weighted by Gasteiger charge is 2.30. The van der Waals surface area contributed by atoms with E-state index in [1.54, 1.807) is 0 Å². The van der Waals surface area contributed by atoms with Gasteiger partial charge in [0.05, 0.1) is 33.8 Å². The number of phosphoric ester groups is 1. The number of carbonyl (C=O) groups is 2. The Labute approximate surface area is 430 Å². The van der Waals surface area contributed by atoms with E-state index >= 15 is 0 Å². The van der Waals surface area contributed by atoms with Crippen LogP contribution in [0.25, 0.3) is 0 Å². The number of ether oxygens (including phenoxy) is 1. The first kappa shape index (κ1) is 66.9. The van der Waals surface area contributed by atoms with E-state index in [0.717, 1.165) is 96.3 Å². The van der Waals surface area contributed by atoms with Gasteiger partial charge in [-0.05, 0) is 96.0 Å². The Morgan fingerprint density at radius 2 is 0.971 bits per heavy atom. The van der Waals surface area contributed by atoms with Gasteiger partial charge >= 0.3 is 13.8 Å². The highest BCUT2D eigenvalue weighted by atomic mass is 31.2. The largest absolute Gasteiger partial charge is 0.472 e. The number of esters is 1. The van der Waals surface area contributed by atoms with Crippen molar-refractivity contribution in [1.82, 2.24) is 5.32 Å². The number of quaternary nitrogens is 1. The zero-order chi connectivity index (χ0) is 51.5. The van der Waals surface area contributed by atoms with Gasteiger partial charge in [0.15, 0.2) is 0 Å². The summed E-state index contributed by atoms with van der Waals surface area (Å²) in [6, 6.07) is -0.887. The second-order valence-electron chi connectivity index (χ2n) is 19.8. The van der Waals surface area contributed by atoms with Gasteiger partial charge in [-0.1, -0.05) is 208 Å². The van der Waals surface area contributed by atoms with Gasteiger partial charge in [0.2, 0.25) is 5.91 Å². The molecule has 0 fully saturated rings. The number of unbranched alkanes of at least 4 members (excludes halogenated alkanes) is 20. The maximum atomic E-state index is 13.5. The topological polar surface area (TPSA) is 111 Å². The highest BCUT2D eigenvalue weighted by Crippen LogP contribution is 2.43. The summed E-state index contributed by atoms with van der Waals surface area (Å²) in [5.41, 5.74) is 0. The van der Waals surface area contributed by atoms with E-state index in [4.69, 9.17) is 13.8 Å². The Hall–Kier alpha value is -3.07. The molecular formula is C60H106N2O7P+. The van der Waals surface area contributed by atoms with Crippen molar-refractivity contribution in [3.8, 4) is 0 Å². The van der Waals surface area contributed by atoms with Gasteiger partial charge < -0.3 is 19.4 Å². The van der Waals surface area contributed by atoms with Crippen LogP contribution in [-0.2, 0) is 27.9 Å². The number of phosphoric acid groups is 1. The first-order valence-electron chi connectivity index (χ1n) is 28.1. The molecule has 0 aromatic carbocycles. The number of hydrogen-bond acceptors (Lipinski definition) is 6. The Bertz CT molecular complexity index is 1520. The molecule has 2 N–H and O–H groups in total. The van der Waals surface area contributed by atoms with Gasteiger partial charge in [0.25, 0.3) is 0 Å².